The van der Waals surface area contributed by atoms with Crippen LogP contribution < -0.4 is 19.9 Å². The third-order valence-corrected chi connectivity index (χ3v) is 8.86. The number of nitrogens with one attached hydrogen (secondary N) is 1. The molecule has 220 valence electrons. The zero-order chi connectivity index (χ0) is 30.2. The molecule has 43 heavy (non-hydrogen) atoms. The van der Waals surface area contributed by atoms with Crippen LogP contribution in [0.5, 0.6) is 5.88 Å². The number of hydrogen-bond acceptors (Lipinski definition) is 7. The van der Waals surface area contributed by atoms with Crippen LogP contribution in [0.1, 0.15) is 65.6 Å². The van der Waals surface area contributed by atoms with Crippen molar-refractivity contribution in [2.75, 3.05) is 35.3 Å². The van der Waals surface area contributed by atoms with Crippen molar-refractivity contribution >= 4 is 40.7 Å². The van der Waals surface area contributed by atoms with Gasteiger partial charge in [0.1, 0.15) is 5.82 Å². The van der Waals surface area contributed by atoms with Crippen LogP contribution in [0, 0.1) is 13.8 Å². The van der Waals surface area contributed by atoms with Crippen LogP contribution in [0.3, 0.4) is 0 Å². The molecule has 10 nitrogen and oxygen atoms in total. The number of aromatic nitrogens is 4. The lowest BCUT2D eigenvalue weighted by molar-refractivity contribution is -0.119. The summed E-state index contributed by atoms with van der Waals surface area (Å²) >= 11 is 6.47. The van der Waals surface area contributed by atoms with Crippen molar-refractivity contribution in [3.63, 3.8) is 0 Å². The largest absolute Gasteiger partial charge is 0.480 e. The predicted molar refractivity (Wildman–Crippen MR) is 165 cm³/mol. The first-order valence-corrected chi connectivity index (χ1v) is 14.9. The number of fused-ring (bicyclic) bond motifs is 4. The molecule has 11 heteroatoms. The summed E-state index contributed by atoms with van der Waals surface area (Å²) in [6.45, 7) is 9.66. The first-order valence-electron chi connectivity index (χ1n) is 14.5. The fraction of sp³-hybridized carbons (Fsp3) is 0.344. The number of carbonyl (C=O) groups excluding carboxylic acids is 2. The molecule has 1 unspecified atom stereocenters. The SMILES string of the molecule is COc1nc(N2CCCC2)ncc1-c1nc2c(n1C(C)C)C1(C(=O)Nc3cc(C)ccc31)N(c1cc(Cl)ccc1C)C2=O. The molecule has 7 rings (SSSR count). The fourth-order valence-corrected chi connectivity index (χ4v) is 6.87. The number of benzene rings is 2. The molecule has 1 saturated heterocycles. The van der Waals surface area contributed by atoms with Gasteiger partial charge in [-0.05, 0) is 69.9 Å². The highest BCUT2D eigenvalue weighted by atomic mass is 35.5. The Hall–Kier alpha value is -4.44. The van der Waals surface area contributed by atoms with Gasteiger partial charge in [-0.3, -0.25) is 14.5 Å². The third-order valence-electron chi connectivity index (χ3n) is 8.63. The first kappa shape index (κ1) is 27.4. The average molecular weight is 598 g/mol. The van der Waals surface area contributed by atoms with Gasteiger partial charge in [0.15, 0.2) is 11.2 Å². The zero-order valence-corrected chi connectivity index (χ0v) is 25.5. The van der Waals surface area contributed by atoms with E-state index in [4.69, 9.17) is 26.3 Å². The van der Waals surface area contributed by atoms with Gasteiger partial charge in [-0.25, -0.2) is 9.97 Å². The first-order chi connectivity index (χ1) is 20.7. The molecule has 4 aromatic rings. The van der Waals surface area contributed by atoms with Crippen molar-refractivity contribution < 1.29 is 14.3 Å². The van der Waals surface area contributed by atoms with Crippen molar-refractivity contribution in [2.45, 2.75) is 52.1 Å². The van der Waals surface area contributed by atoms with E-state index in [0.29, 0.717) is 50.9 Å². The molecule has 2 aromatic heterocycles. The number of ether oxygens (including phenoxy) is 1. The summed E-state index contributed by atoms with van der Waals surface area (Å²) in [5.41, 5.74) is 3.38. The van der Waals surface area contributed by atoms with Crippen molar-refractivity contribution in [1.82, 2.24) is 19.5 Å². The number of amides is 2. The van der Waals surface area contributed by atoms with Crippen molar-refractivity contribution in [3.8, 4) is 17.3 Å². The molecule has 3 aliphatic heterocycles. The highest BCUT2D eigenvalue weighted by Gasteiger charge is 2.64. The standard InChI is InChI=1S/C32H32ClN7O3/c1-17(2)39-26-25(36-27(39)21-16-34-31(37-28(21)43-5)38-12-6-7-13-38)29(41)40(24-15-20(33)10-9-19(24)4)32(26)22-11-8-18(3)14-23(22)35-30(32)42/h8-11,14-17H,6-7,12-13H2,1-5H3,(H,35,42). The second-order valence-corrected chi connectivity index (χ2v) is 12.1. The van der Waals surface area contributed by atoms with E-state index in [1.807, 2.05) is 56.5 Å². The topological polar surface area (TPSA) is 105 Å². The Morgan fingerprint density at radius 2 is 1.81 bits per heavy atom. The Kier molecular flexibility index (Phi) is 6.25. The molecule has 2 amide bonds. The molecule has 0 saturated carbocycles. The number of rotatable bonds is 5. The molecular weight excluding hydrogens is 566 g/mol. The van der Waals surface area contributed by atoms with Gasteiger partial charge in [0.05, 0.1) is 24.1 Å². The number of methoxy groups -OCH3 is 1. The second-order valence-electron chi connectivity index (χ2n) is 11.7. The van der Waals surface area contributed by atoms with Crippen molar-refractivity contribution in [1.29, 1.82) is 0 Å². The maximum Gasteiger partial charge on any atom is 0.280 e. The zero-order valence-electron chi connectivity index (χ0n) is 24.7. The average Bonchev–Trinajstić information content (AvgIpc) is 3.75. The summed E-state index contributed by atoms with van der Waals surface area (Å²) in [7, 11) is 1.56. The third kappa shape index (κ3) is 3.82. The normalized spacial score (nSPS) is 19.0. The van der Waals surface area contributed by atoms with Crippen LogP contribution in [-0.4, -0.2) is 51.5 Å². The maximum absolute atomic E-state index is 14.6. The van der Waals surface area contributed by atoms with E-state index in [1.54, 1.807) is 30.3 Å². The van der Waals surface area contributed by atoms with Crippen molar-refractivity contribution in [3.05, 3.63) is 75.7 Å². The van der Waals surface area contributed by atoms with Gasteiger partial charge in [0.25, 0.3) is 11.8 Å². The molecule has 0 bridgehead atoms. The quantitative estimate of drug-likeness (QED) is 0.317. The van der Waals surface area contributed by atoms with Gasteiger partial charge in [-0.1, -0.05) is 29.8 Å². The summed E-state index contributed by atoms with van der Waals surface area (Å²) in [6, 6.07) is 11.0. The van der Waals surface area contributed by atoms with Gasteiger partial charge >= 0.3 is 0 Å². The summed E-state index contributed by atoms with van der Waals surface area (Å²) in [4.78, 5) is 47.1. The van der Waals surface area contributed by atoms with Crippen LogP contribution in [0.15, 0.2) is 42.6 Å². The number of hydrogen-bond donors (Lipinski definition) is 1. The molecule has 1 fully saturated rings. The minimum atomic E-state index is -1.52. The van der Waals surface area contributed by atoms with E-state index >= 15 is 0 Å². The summed E-state index contributed by atoms with van der Waals surface area (Å²) in [5.74, 6) is 0.702. The molecular formula is C32H32ClN7O3. The molecule has 3 aliphatic rings. The lowest BCUT2D eigenvalue weighted by Gasteiger charge is -2.36. The maximum atomic E-state index is 14.6. The minimum absolute atomic E-state index is 0.192. The van der Waals surface area contributed by atoms with E-state index in [2.05, 4.69) is 15.2 Å². The van der Waals surface area contributed by atoms with E-state index in [-0.39, 0.29) is 17.6 Å². The Bertz CT molecular complexity index is 1830. The Labute approximate surface area is 254 Å². The molecule has 5 heterocycles. The van der Waals surface area contributed by atoms with Gasteiger partial charge in [-0.15, -0.1) is 0 Å². The molecule has 0 aliphatic carbocycles. The molecule has 1 spiro atoms. The Morgan fingerprint density at radius 1 is 1.05 bits per heavy atom. The van der Waals surface area contributed by atoms with E-state index in [0.717, 1.165) is 37.1 Å². The highest BCUT2D eigenvalue weighted by Crippen LogP contribution is 2.55. The van der Waals surface area contributed by atoms with Crippen LogP contribution in [-0.2, 0) is 10.3 Å². The molecule has 0 radical (unpaired) electrons. The van der Waals surface area contributed by atoms with E-state index in [9.17, 15) is 9.59 Å². The van der Waals surface area contributed by atoms with Gasteiger partial charge < -0.3 is 19.5 Å². The van der Waals surface area contributed by atoms with Crippen molar-refractivity contribution in [2.24, 2.45) is 0 Å². The smallest absolute Gasteiger partial charge is 0.280 e. The predicted octanol–water partition coefficient (Wildman–Crippen LogP) is 5.66. The van der Waals surface area contributed by atoms with Gasteiger partial charge in [-0.2, -0.15) is 4.98 Å². The number of anilines is 3. The van der Waals surface area contributed by atoms with E-state index < -0.39 is 11.4 Å². The number of imidazole rings is 1. The fourth-order valence-electron chi connectivity index (χ4n) is 6.70. The van der Waals surface area contributed by atoms with Gasteiger partial charge in [0.2, 0.25) is 11.8 Å². The molecule has 2 aromatic carbocycles. The summed E-state index contributed by atoms with van der Waals surface area (Å²) in [6.07, 6.45) is 3.89. The monoisotopic (exact) mass is 597 g/mol. The van der Waals surface area contributed by atoms with Crippen LogP contribution in [0.4, 0.5) is 17.3 Å². The summed E-state index contributed by atoms with van der Waals surface area (Å²) < 4.78 is 7.73. The Balaban J connectivity index is 1.52. The number of carbonyl (C=O) groups is 2. The Morgan fingerprint density at radius 3 is 2.53 bits per heavy atom. The molecule has 1 atom stereocenters. The van der Waals surface area contributed by atoms with Crippen LogP contribution >= 0.6 is 11.6 Å². The van der Waals surface area contributed by atoms with Crippen LogP contribution in [0.25, 0.3) is 11.4 Å². The molecule has 1 N–H and O–H groups in total. The summed E-state index contributed by atoms with van der Waals surface area (Å²) in [5, 5.41) is 3.54. The lowest BCUT2D eigenvalue weighted by Crippen LogP contribution is -2.51. The minimum Gasteiger partial charge on any atom is -0.480 e. The van der Waals surface area contributed by atoms with Crippen LogP contribution in [0.2, 0.25) is 5.02 Å². The lowest BCUT2D eigenvalue weighted by atomic mass is 9.86. The number of halogens is 1. The van der Waals surface area contributed by atoms with E-state index in [1.165, 1.54) is 0 Å². The van der Waals surface area contributed by atoms with Gasteiger partial charge in [0, 0.05) is 41.6 Å². The number of nitrogens with zero attached hydrogens (tertiary/aromatic N) is 6. The highest BCUT2D eigenvalue weighted by molar-refractivity contribution is 6.31. The number of aryl methyl sites for hydroxylation is 2. The second kappa shape index (κ2) is 9.80.